The first-order chi connectivity index (χ1) is 11.7. The zero-order valence-electron chi connectivity index (χ0n) is 14.9. The third-order valence-electron chi connectivity index (χ3n) is 4.02. The van der Waals surface area contributed by atoms with Gasteiger partial charge in [0.05, 0.1) is 24.9 Å². The molecule has 2 rings (SSSR count). The number of rotatable bonds is 8. The van der Waals surface area contributed by atoms with E-state index in [-0.39, 0.29) is 11.7 Å². The minimum Gasteiger partial charge on any atom is -0.356 e. The average Bonchev–Trinajstić information content (AvgIpc) is 2.95. The largest absolute Gasteiger partial charge is 0.356 e. The van der Waals surface area contributed by atoms with Gasteiger partial charge in [0.1, 0.15) is 0 Å². The maximum Gasteiger partial charge on any atom is 0.233 e. The van der Waals surface area contributed by atoms with Gasteiger partial charge in [0.2, 0.25) is 15.9 Å². The summed E-state index contributed by atoms with van der Waals surface area (Å²) in [6.07, 6.45) is 0.514. The summed E-state index contributed by atoms with van der Waals surface area (Å²) >= 11 is 0. The molecule has 1 unspecified atom stereocenters. The molecule has 8 heteroatoms. The number of benzene rings is 1. The molecule has 1 aromatic rings. The van der Waals surface area contributed by atoms with Crippen molar-refractivity contribution in [1.29, 1.82) is 0 Å². The molecule has 7 nitrogen and oxygen atoms in total. The second-order valence-corrected chi connectivity index (χ2v) is 8.29. The van der Waals surface area contributed by atoms with Crippen molar-refractivity contribution in [1.82, 2.24) is 5.32 Å². The molecular formula is C17H26N2O5S. The highest BCUT2D eigenvalue weighted by molar-refractivity contribution is 7.92. The Balaban J connectivity index is 1.79. The van der Waals surface area contributed by atoms with Crippen LogP contribution in [0.15, 0.2) is 24.3 Å². The molecule has 0 saturated carbocycles. The van der Waals surface area contributed by atoms with Gasteiger partial charge in [0.25, 0.3) is 0 Å². The molecule has 2 N–H and O–H groups in total. The van der Waals surface area contributed by atoms with E-state index < -0.39 is 21.7 Å². The van der Waals surface area contributed by atoms with Crippen LogP contribution in [-0.2, 0) is 24.3 Å². The third-order valence-corrected chi connectivity index (χ3v) is 5.50. The summed E-state index contributed by atoms with van der Waals surface area (Å²) in [5, 5.41) is 2.74. The van der Waals surface area contributed by atoms with Gasteiger partial charge in [-0.25, -0.2) is 8.42 Å². The summed E-state index contributed by atoms with van der Waals surface area (Å²) in [4.78, 5) is 12.1. The van der Waals surface area contributed by atoms with Crippen molar-refractivity contribution in [2.45, 2.75) is 33.0 Å². The highest BCUT2D eigenvalue weighted by Crippen LogP contribution is 2.21. The summed E-state index contributed by atoms with van der Waals surface area (Å²) in [6.45, 7) is 6.80. The highest BCUT2D eigenvalue weighted by Gasteiger charge is 2.30. The molecule has 0 spiro atoms. The van der Waals surface area contributed by atoms with Crippen molar-refractivity contribution in [3.05, 3.63) is 29.8 Å². The van der Waals surface area contributed by atoms with E-state index in [9.17, 15) is 13.2 Å². The molecule has 0 radical (unpaired) electrons. The Labute approximate surface area is 149 Å². The molecule has 1 aliphatic heterocycles. The van der Waals surface area contributed by atoms with Gasteiger partial charge in [0.15, 0.2) is 5.79 Å². The number of nitrogens with one attached hydrogen (secondary N) is 2. The van der Waals surface area contributed by atoms with E-state index in [4.69, 9.17) is 9.47 Å². The van der Waals surface area contributed by atoms with E-state index in [0.29, 0.717) is 31.9 Å². The fourth-order valence-electron chi connectivity index (χ4n) is 2.54. The van der Waals surface area contributed by atoms with Crippen LogP contribution in [0.4, 0.5) is 5.69 Å². The number of hydrogen-bond donors (Lipinski definition) is 2. The van der Waals surface area contributed by atoms with Gasteiger partial charge in [-0.1, -0.05) is 24.6 Å². The summed E-state index contributed by atoms with van der Waals surface area (Å²) in [5.74, 6) is -1.93. The summed E-state index contributed by atoms with van der Waals surface area (Å²) in [5.41, 5.74) is 1.53. The smallest absolute Gasteiger partial charge is 0.233 e. The second kappa shape index (κ2) is 8.16. The van der Waals surface area contributed by atoms with Gasteiger partial charge in [-0.2, -0.15) is 0 Å². The van der Waals surface area contributed by atoms with Gasteiger partial charge < -0.3 is 14.8 Å². The number of sulfonamides is 1. The van der Waals surface area contributed by atoms with E-state index in [2.05, 4.69) is 10.0 Å². The second-order valence-electron chi connectivity index (χ2n) is 6.52. The molecule has 1 atom stereocenters. The van der Waals surface area contributed by atoms with E-state index in [0.717, 1.165) is 5.56 Å². The van der Waals surface area contributed by atoms with Crippen molar-refractivity contribution in [3.8, 4) is 0 Å². The van der Waals surface area contributed by atoms with Crippen LogP contribution in [0.25, 0.3) is 0 Å². The van der Waals surface area contributed by atoms with Crippen LogP contribution in [0.3, 0.4) is 0 Å². The maximum absolute atomic E-state index is 12.2. The van der Waals surface area contributed by atoms with Crippen molar-refractivity contribution in [2.75, 3.05) is 30.2 Å². The standard InChI is InChI=1S/C17H26N2O5S/c1-13-4-6-15(7-5-13)19-25(21,22)12-14(2)16(20)18-9-8-17(3)23-10-11-24-17/h4-7,14,19H,8-12H2,1-3H3,(H,18,20). The Morgan fingerprint density at radius 1 is 1.24 bits per heavy atom. The maximum atomic E-state index is 12.2. The molecule has 1 fully saturated rings. The average molecular weight is 370 g/mol. The number of carbonyl (C=O) groups excluding carboxylic acids is 1. The molecule has 25 heavy (non-hydrogen) atoms. The van der Waals surface area contributed by atoms with Crippen LogP contribution < -0.4 is 10.0 Å². The first-order valence-corrected chi connectivity index (χ1v) is 9.97. The number of ether oxygens (including phenoxy) is 2. The molecule has 140 valence electrons. The first kappa shape index (κ1) is 19.7. The zero-order valence-corrected chi connectivity index (χ0v) is 15.7. The molecule has 1 aromatic carbocycles. The Hall–Kier alpha value is -1.64. The van der Waals surface area contributed by atoms with Gasteiger partial charge in [-0.3, -0.25) is 9.52 Å². The van der Waals surface area contributed by atoms with E-state index in [1.807, 2.05) is 26.0 Å². The fraction of sp³-hybridized carbons (Fsp3) is 0.588. The van der Waals surface area contributed by atoms with Gasteiger partial charge in [0, 0.05) is 18.7 Å². The van der Waals surface area contributed by atoms with Crippen molar-refractivity contribution < 1.29 is 22.7 Å². The molecular weight excluding hydrogens is 344 g/mol. The van der Waals surface area contributed by atoms with Gasteiger partial charge >= 0.3 is 0 Å². The monoisotopic (exact) mass is 370 g/mol. The Morgan fingerprint density at radius 2 is 1.84 bits per heavy atom. The predicted molar refractivity (Wildman–Crippen MR) is 95.7 cm³/mol. The van der Waals surface area contributed by atoms with E-state index in [1.54, 1.807) is 19.1 Å². The lowest BCUT2D eigenvalue weighted by molar-refractivity contribution is -0.146. The van der Waals surface area contributed by atoms with Crippen LogP contribution in [0.2, 0.25) is 0 Å². The van der Waals surface area contributed by atoms with Crippen LogP contribution in [0.5, 0.6) is 0 Å². The summed E-state index contributed by atoms with van der Waals surface area (Å²) in [7, 11) is -3.60. The van der Waals surface area contributed by atoms with E-state index >= 15 is 0 Å². The normalized spacial score (nSPS) is 17.9. The summed E-state index contributed by atoms with van der Waals surface area (Å²) < 4.78 is 37.8. The number of aryl methyl sites for hydroxylation is 1. The van der Waals surface area contributed by atoms with Crippen LogP contribution in [-0.4, -0.2) is 45.6 Å². The van der Waals surface area contributed by atoms with Crippen molar-refractivity contribution in [2.24, 2.45) is 5.92 Å². The van der Waals surface area contributed by atoms with E-state index in [1.165, 1.54) is 0 Å². The minimum absolute atomic E-state index is 0.281. The lowest BCUT2D eigenvalue weighted by atomic mass is 10.2. The third kappa shape index (κ3) is 6.30. The minimum atomic E-state index is -3.60. The topological polar surface area (TPSA) is 93.7 Å². The molecule has 1 saturated heterocycles. The zero-order chi connectivity index (χ0) is 18.5. The van der Waals surface area contributed by atoms with Crippen LogP contribution in [0.1, 0.15) is 25.8 Å². The van der Waals surface area contributed by atoms with Gasteiger partial charge in [-0.05, 0) is 26.0 Å². The lowest BCUT2D eigenvalue weighted by Crippen LogP contribution is -2.38. The van der Waals surface area contributed by atoms with Crippen molar-refractivity contribution >= 4 is 21.6 Å². The number of hydrogen-bond acceptors (Lipinski definition) is 5. The molecule has 0 bridgehead atoms. The molecule has 1 amide bonds. The lowest BCUT2D eigenvalue weighted by Gasteiger charge is -2.22. The fourth-order valence-corrected chi connectivity index (χ4v) is 3.92. The molecule has 0 aliphatic carbocycles. The first-order valence-electron chi connectivity index (χ1n) is 8.32. The number of amides is 1. The summed E-state index contributed by atoms with van der Waals surface area (Å²) in [6, 6.07) is 7.03. The SMILES string of the molecule is Cc1ccc(NS(=O)(=O)CC(C)C(=O)NCCC2(C)OCCO2)cc1. The molecule has 1 aliphatic rings. The Bertz CT molecular complexity index is 681. The molecule has 1 heterocycles. The van der Waals surface area contributed by atoms with Crippen LogP contribution in [0, 0.1) is 12.8 Å². The Kier molecular flexibility index (Phi) is 6.42. The highest BCUT2D eigenvalue weighted by atomic mass is 32.2. The number of anilines is 1. The quantitative estimate of drug-likeness (QED) is 0.726. The Morgan fingerprint density at radius 3 is 2.44 bits per heavy atom. The van der Waals surface area contributed by atoms with Crippen LogP contribution >= 0.6 is 0 Å². The predicted octanol–water partition coefficient (Wildman–Crippen LogP) is 1.64. The molecule has 0 aromatic heterocycles. The number of carbonyl (C=O) groups is 1. The van der Waals surface area contributed by atoms with Gasteiger partial charge in [-0.15, -0.1) is 0 Å². The van der Waals surface area contributed by atoms with Crippen molar-refractivity contribution in [3.63, 3.8) is 0 Å².